The fraction of sp³-hybridized carbons (Fsp3) is 0.632. The van der Waals surface area contributed by atoms with Gasteiger partial charge in [-0.05, 0) is 69.0 Å². The first-order valence-electron chi connectivity index (χ1n) is 9.05. The molecule has 1 aromatic carbocycles. The molecule has 0 spiro atoms. The number of aryl methyl sites for hydroxylation is 1. The van der Waals surface area contributed by atoms with Crippen LogP contribution in [0.2, 0.25) is 0 Å². The molecule has 2 rings (SSSR count). The molecule has 10 heteroatoms. The van der Waals surface area contributed by atoms with Crippen LogP contribution in [0.5, 0.6) is 5.75 Å². The molecule has 0 amide bonds. The number of carboxylic acids is 1. The van der Waals surface area contributed by atoms with E-state index in [9.17, 15) is 26.3 Å². The highest BCUT2D eigenvalue weighted by molar-refractivity contribution is 5.73. The number of hydrogen-bond donors (Lipinski definition) is 1. The molecule has 1 fully saturated rings. The number of likely N-dealkylation sites (tertiary alicyclic amines) is 1. The maximum Gasteiger partial charge on any atom is 0.490 e. The highest BCUT2D eigenvalue weighted by Crippen LogP contribution is 2.36. The Balaban J connectivity index is 0.000000516. The highest BCUT2D eigenvalue weighted by atomic mass is 19.4. The van der Waals surface area contributed by atoms with Gasteiger partial charge in [-0.3, -0.25) is 0 Å². The highest BCUT2D eigenvalue weighted by Gasteiger charge is 2.38. The first-order valence-corrected chi connectivity index (χ1v) is 9.05. The molecule has 0 atom stereocenters. The largest absolute Gasteiger partial charge is 0.493 e. The number of benzene rings is 1. The summed E-state index contributed by atoms with van der Waals surface area (Å²) in [6, 6.07) is 5.15. The predicted octanol–water partition coefficient (Wildman–Crippen LogP) is 4.95. The molecule has 1 aromatic rings. The van der Waals surface area contributed by atoms with E-state index >= 15 is 0 Å². The van der Waals surface area contributed by atoms with Crippen LogP contribution >= 0.6 is 0 Å². The molecule has 1 heterocycles. The molecule has 0 unspecified atom stereocenters. The molecular formula is C19H24F6NO3. The van der Waals surface area contributed by atoms with Crippen LogP contribution < -0.4 is 4.74 Å². The SMILES string of the molecule is Cc1[c]cc(OCCCN2CCC(C)CC2)c(C(F)(F)F)c1.O=C(O)C(F)(F)F. The second-order valence-corrected chi connectivity index (χ2v) is 6.92. The zero-order chi connectivity index (χ0) is 22.2. The molecule has 0 aromatic heterocycles. The van der Waals surface area contributed by atoms with Crippen molar-refractivity contribution in [1.29, 1.82) is 0 Å². The van der Waals surface area contributed by atoms with Gasteiger partial charge in [-0.25, -0.2) is 4.79 Å². The minimum absolute atomic E-state index is 0.120. The monoisotopic (exact) mass is 428 g/mol. The number of ether oxygens (including phenoxy) is 1. The van der Waals surface area contributed by atoms with Gasteiger partial charge in [0.05, 0.1) is 12.2 Å². The summed E-state index contributed by atoms with van der Waals surface area (Å²) in [6.07, 6.45) is -6.34. The standard InChI is InChI=1S/C17H23F3NO.C2HF3O2/c1-13-6-9-21(10-7-13)8-3-11-22-16-5-4-14(2)12-15(16)17(18,19)20;3-2(4,5)1(6)7/h5,12-13H,3,6-11H2,1-2H3;(H,6,7). The maximum atomic E-state index is 13.0. The van der Waals surface area contributed by atoms with Crippen LogP contribution in [0.4, 0.5) is 26.3 Å². The van der Waals surface area contributed by atoms with Crippen LogP contribution in [-0.4, -0.2) is 48.4 Å². The van der Waals surface area contributed by atoms with Crippen molar-refractivity contribution in [3.05, 3.63) is 29.3 Å². The van der Waals surface area contributed by atoms with Gasteiger partial charge in [0.1, 0.15) is 5.75 Å². The van der Waals surface area contributed by atoms with Gasteiger partial charge in [-0.2, -0.15) is 26.3 Å². The van der Waals surface area contributed by atoms with Crippen molar-refractivity contribution in [3.8, 4) is 5.75 Å². The van der Waals surface area contributed by atoms with E-state index in [1.165, 1.54) is 18.9 Å². The van der Waals surface area contributed by atoms with Crippen LogP contribution in [0.15, 0.2) is 12.1 Å². The number of carboxylic acid groups (broad SMARTS) is 1. The Kier molecular flexibility index (Phi) is 9.25. The molecule has 1 saturated heterocycles. The Morgan fingerprint density at radius 1 is 1.24 bits per heavy atom. The lowest BCUT2D eigenvalue weighted by Gasteiger charge is -2.30. The van der Waals surface area contributed by atoms with Gasteiger partial charge in [-0.15, -0.1) is 0 Å². The minimum atomic E-state index is -5.08. The third-order valence-corrected chi connectivity index (χ3v) is 4.36. The van der Waals surface area contributed by atoms with E-state index in [2.05, 4.69) is 17.9 Å². The number of carbonyl (C=O) groups is 1. The summed E-state index contributed by atoms with van der Waals surface area (Å²) in [4.78, 5) is 11.3. The van der Waals surface area contributed by atoms with E-state index in [0.717, 1.165) is 38.0 Å². The smallest absolute Gasteiger partial charge is 0.490 e. The summed E-state index contributed by atoms with van der Waals surface area (Å²) in [5.41, 5.74) is -0.252. The average molecular weight is 428 g/mol. The van der Waals surface area contributed by atoms with Crippen molar-refractivity contribution in [1.82, 2.24) is 4.90 Å². The van der Waals surface area contributed by atoms with Crippen molar-refractivity contribution >= 4 is 5.97 Å². The van der Waals surface area contributed by atoms with Crippen LogP contribution in [0, 0.1) is 18.9 Å². The van der Waals surface area contributed by atoms with E-state index < -0.39 is 23.9 Å². The number of alkyl halides is 6. The van der Waals surface area contributed by atoms with Crippen LogP contribution in [0.3, 0.4) is 0 Å². The number of hydrogen-bond acceptors (Lipinski definition) is 3. The number of halogens is 6. The Bertz CT molecular complexity index is 652. The van der Waals surface area contributed by atoms with E-state index in [1.54, 1.807) is 6.92 Å². The topological polar surface area (TPSA) is 49.8 Å². The fourth-order valence-electron chi connectivity index (χ4n) is 2.68. The number of rotatable bonds is 5. The Morgan fingerprint density at radius 3 is 2.28 bits per heavy atom. The number of aliphatic carboxylic acids is 1. The molecule has 165 valence electrons. The van der Waals surface area contributed by atoms with Crippen LogP contribution in [-0.2, 0) is 11.0 Å². The molecule has 0 aliphatic carbocycles. The summed E-state index contributed by atoms with van der Waals surface area (Å²) < 4.78 is 76.0. The van der Waals surface area contributed by atoms with Crippen molar-refractivity contribution in [2.45, 2.75) is 45.5 Å². The van der Waals surface area contributed by atoms with Gasteiger partial charge in [-0.1, -0.05) is 6.92 Å². The van der Waals surface area contributed by atoms with E-state index in [1.807, 2.05) is 0 Å². The molecular weight excluding hydrogens is 404 g/mol. The van der Waals surface area contributed by atoms with Crippen molar-refractivity contribution in [3.63, 3.8) is 0 Å². The summed E-state index contributed by atoms with van der Waals surface area (Å²) in [6.45, 7) is 7.18. The Labute approximate surface area is 165 Å². The van der Waals surface area contributed by atoms with E-state index in [-0.39, 0.29) is 5.75 Å². The van der Waals surface area contributed by atoms with Gasteiger partial charge in [0, 0.05) is 6.54 Å². The van der Waals surface area contributed by atoms with Crippen molar-refractivity contribution in [2.75, 3.05) is 26.2 Å². The third kappa shape index (κ3) is 9.38. The van der Waals surface area contributed by atoms with E-state index in [0.29, 0.717) is 12.2 Å². The molecule has 1 N–H and O–H groups in total. The summed E-state index contributed by atoms with van der Waals surface area (Å²) in [5.74, 6) is -2.09. The van der Waals surface area contributed by atoms with Gasteiger partial charge in [0.2, 0.25) is 0 Å². The first kappa shape index (κ1) is 25.1. The number of piperidine rings is 1. The van der Waals surface area contributed by atoms with Gasteiger partial charge in [0.15, 0.2) is 0 Å². The molecule has 1 radical (unpaired) electrons. The predicted molar refractivity (Wildman–Crippen MR) is 93.7 cm³/mol. The lowest BCUT2D eigenvalue weighted by molar-refractivity contribution is -0.192. The molecule has 4 nitrogen and oxygen atoms in total. The fourth-order valence-corrected chi connectivity index (χ4v) is 2.68. The molecule has 1 aliphatic heterocycles. The average Bonchev–Trinajstić information content (AvgIpc) is 2.60. The summed E-state index contributed by atoms with van der Waals surface area (Å²) in [7, 11) is 0. The van der Waals surface area contributed by atoms with Gasteiger partial charge < -0.3 is 14.7 Å². The van der Waals surface area contributed by atoms with Crippen LogP contribution in [0.25, 0.3) is 0 Å². The second kappa shape index (κ2) is 10.7. The van der Waals surface area contributed by atoms with Crippen LogP contribution in [0.1, 0.15) is 37.3 Å². The first-order chi connectivity index (χ1) is 13.3. The quantitative estimate of drug-likeness (QED) is 0.533. The van der Waals surface area contributed by atoms with Gasteiger partial charge >= 0.3 is 18.3 Å². The summed E-state index contributed by atoms with van der Waals surface area (Å²) >= 11 is 0. The lowest BCUT2D eigenvalue weighted by atomic mass is 9.99. The zero-order valence-electron chi connectivity index (χ0n) is 16.2. The molecule has 0 saturated carbocycles. The van der Waals surface area contributed by atoms with E-state index in [4.69, 9.17) is 14.6 Å². The number of nitrogens with zero attached hydrogens (tertiary/aromatic N) is 1. The maximum absolute atomic E-state index is 13.0. The molecule has 1 aliphatic rings. The Morgan fingerprint density at radius 2 is 1.79 bits per heavy atom. The second-order valence-electron chi connectivity index (χ2n) is 6.92. The molecule has 0 bridgehead atoms. The minimum Gasteiger partial charge on any atom is -0.493 e. The zero-order valence-corrected chi connectivity index (χ0v) is 16.2. The Hall–Kier alpha value is -1.97. The molecule has 29 heavy (non-hydrogen) atoms. The van der Waals surface area contributed by atoms with Crippen molar-refractivity contribution in [2.24, 2.45) is 5.92 Å². The summed E-state index contributed by atoms with van der Waals surface area (Å²) in [5, 5.41) is 7.12. The van der Waals surface area contributed by atoms with Gasteiger partial charge in [0.25, 0.3) is 0 Å². The lowest BCUT2D eigenvalue weighted by Crippen LogP contribution is -2.34. The normalized spacial score (nSPS) is 16.1. The van der Waals surface area contributed by atoms with Crippen molar-refractivity contribution < 1.29 is 41.0 Å². The third-order valence-electron chi connectivity index (χ3n) is 4.36.